The van der Waals surface area contributed by atoms with E-state index in [0.29, 0.717) is 6.42 Å². The van der Waals surface area contributed by atoms with Crippen LogP contribution in [0.4, 0.5) is 0 Å². The van der Waals surface area contributed by atoms with Gasteiger partial charge in [0.05, 0.1) is 6.10 Å². The van der Waals surface area contributed by atoms with Crippen molar-refractivity contribution in [2.24, 2.45) is 0 Å². The van der Waals surface area contributed by atoms with Crippen molar-refractivity contribution in [3.05, 3.63) is 12.7 Å². The Labute approximate surface area is 118 Å². The van der Waals surface area contributed by atoms with Crippen LogP contribution in [0.5, 0.6) is 0 Å². The van der Waals surface area contributed by atoms with Crippen molar-refractivity contribution in [2.75, 3.05) is 0 Å². The summed E-state index contributed by atoms with van der Waals surface area (Å²) in [6, 6.07) is 0. The van der Waals surface area contributed by atoms with Crippen LogP contribution < -0.4 is 0 Å². The Morgan fingerprint density at radius 3 is 2.16 bits per heavy atom. The Bertz CT molecular complexity index is 238. The largest absolute Gasteiger partial charge is 0.456 e. The topological polar surface area (TPSA) is 46.5 Å². The van der Waals surface area contributed by atoms with Gasteiger partial charge in [-0.1, -0.05) is 64.9 Å². The lowest BCUT2D eigenvalue weighted by Crippen LogP contribution is -2.28. The van der Waals surface area contributed by atoms with Crippen LogP contribution in [0.25, 0.3) is 0 Å². The molecule has 0 aliphatic heterocycles. The fourth-order valence-corrected chi connectivity index (χ4v) is 2.13. The average Bonchev–Trinajstić information content (AvgIpc) is 2.38. The first-order chi connectivity index (χ1) is 9.11. The lowest BCUT2D eigenvalue weighted by molar-refractivity contribution is -0.149. The molecular formula is C16H30O3. The van der Waals surface area contributed by atoms with Crippen molar-refractivity contribution < 1.29 is 14.6 Å². The van der Waals surface area contributed by atoms with Crippen molar-refractivity contribution >= 4 is 5.97 Å². The fourth-order valence-electron chi connectivity index (χ4n) is 2.13. The predicted octanol–water partition coefficient (Wildman–Crippen LogP) is 4.00. The SMILES string of the molecule is C=CC(OC(C)=O)C(O)CCCCCCCCCC. The van der Waals surface area contributed by atoms with E-state index in [1.165, 1.54) is 51.5 Å². The van der Waals surface area contributed by atoms with E-state index in [4.69, 9.17) is 4.74 Å². The van der Waals surface area contributed by atoms with Gasteiger partial charge in [-0.05, 0) is 12.5 Å². The standard InChI is InChI=1S/C16H30O3/c1-4-6-7-8-9-10-11-12-13-15(18)16(5-2)19-14(3)17/h5,15-16,18H,2,4,6-13H2,1,3H3. The van der Waals surface area contributed by atoms with E-state index in [1.54, 1.807) is 0 Å². The first kappa shape index (κ1) is 18.2. The molecule has 0 fully saturated rings. The van der Waals surface area contributed by atoms with E-state index in [2.05, 4.69) is 13.5 Å². The molecule has 112 valence electrons. The maximum atomic E-state index is 10.8. The second-order valence-corrected chi connectivity index (χ2v) is 5.14. The number of esters is 1. The van der Waals surface area contributed by atoms with Gasteiger partial charge in [-0.25, -0.2) is 0 Å². The minimum atomic E-state index is -0.624. The van der Waals surface area contributed by atoms with E-state index < -0.39 is 12.2 Å². The molecule has 2 unspecified atom stereocenters. The first-order valence-corrected chi connectivity index (χ1v) is 7.59. The number of hydrogen-bond acceptors (Lipinski definition) is 3. The third-order valence-corrected chi connectivity index (χ3v) is 3.27. The molecule has 2 atom stereocenters. The molecule has 0 aliphatic carbocycles. The Balaban J connectivity index is 3.53. The molecule has 0 spiro atoms. The smallest absolute Gasteiger partial charge is 0.303 e. The van der Waals surface area contributed by atoms with Gasteiger partial charge in [0.1, 0.15) is 6.10 Å². The molecule has 0 rings (SSSR count). The molecule has 3 nitrogen and oxygen atoms in total. The maximum absolute atomic E-state index is 10.8. The monoisotopic (exact) mass is 270 g/mol. The van der Waals surface area contributed by atoms with Gasteiger partial charge >= 0.3 is 5.97 Å². The summed E-state index contributed by atoms with van der Waals surface area (Å²) in [5, 5.41) is 9.88. The van der Waals surface area contributed by atoms with Crippen LogP contribution in [-0.4, -0.2) is 23.3 Å². The molecule has 0 heterocycles. The number of carbonyl (C=O) groups excluding carboxylic acids is 1. The number of aliphatic hydroxyl groups is 1. The van der Waals surface area contributed by atoms with Gasteiger partial charge in [-0.3, -0.25) is 4.79 Å². The van der Waals surface area contributed by atoms with Crippen LogP contribution in [0.2, 0.25) is 0 Å². The third-order valence-electron chi connectivity index (χ3n) is 3.27. The summed E-state index contributed by atoms with van der Waals surface area (Å²) in [6.45, 7) is 7.15. The summed E-state index contributed by atoms with van der Waals surface area (Å²) in [5.74, 6) is -0.375. The molecule has 0 aromatic heterocycles. The highest BCUT2D eigenvalue weighted by Crippen LogP contribution is 2.13. The zero-order valence-electron chi connectivity index (χ0n) is 12.6. The molecule has 0 bridgehead atoms. The Morgan fingerprint density at radius 2 is 1.68 bits per heavy atom. The molecule has 0 amide bonds. The number of aliphatic hydroxyl groups excluding tert-OH is 1. The van der Waals surface area contributed by atoms with Crippen LogP contribution >= 0.6 is 0 Å². The van der Waals surface area contributed by atoms with Crippen LogP contribution in [-0.2, 0) is 9.53 Å². The summed E-state index contributed by atoms with van der Waals surface area (Å²) in [6.07, 6.45) is 10.9. The van der Waals surface area contributed by atoms with Gasteiger partial charge in [0.2, 0.25) is 0 Å². The van der Waals surface area contributed by atoms with Crippen molar-refractivity contribution in [1.29, 1.82) is 0 Å². The van der Waals surface area contributed by atoms with Crippen molar-refractivity contribution in [3.8, 4) is 0 Å². The van der Waals surface area contributed by atoms with Crippen molar-refractivity contribution in [1.82, 2.24) is 0 Å². The first-order valence-electron chi connectivity index (χ1n) is 7.59. The van der Waals surface area contributed by atoms with E-state index in [-0.39, 0.29) is 5.97 Å². The summed E-state index contributed by atoms with van der Waals surface area (Å²) < 4.78 is 4.98. The molecule has 3 heteroatoms. The zero-order valence-corrected chi connectivity index (χ0v) is 12.6. The fraction of sp³-hybridized carbons (Fsp3) is 0.812. The van der Waals surface area contributed by atoms with Gasteiger partial charge in [0.25, 0.3) is 0 Å². The molecular weight excluding hydrogens is 240 g/mol. The quantitative estimate of drug-likeness (QED) is 0.331. The molecule has 1 N–H and O–H groups in total. The Kier molecular flexibility index (Phi) is 11.7. The maximum Gasteiger partial charge on any atom is 0.303 e. The number of carbonyl (C=O) groups is 1. The zero-order chi connectivity index (χ0) is 14.5. The van der Waals surface area contributed by atoms with Gasteiger partial charge in [-0.15, -0.1) is 0 Å². The highest BCUT2D eigenvalue weighted by Gasteiger charge is 2.17. The number of hydrogen-bond donors (Lipinski definition) is 1. The van der Waals surface area contributed by atoms with Gasteiger partial charge in [0.15, 0.2) is 0 Å². The van der Waals surface area contributed by atoms with Crippen LogP contribution in [0.1, 0.15) is 71.6 Å². The van der Waals surface area contributed by atoms with E-state index in [0.717, 1.165) is 12.8 Å². The summed E-state index contributed by atoms with van der Waals surface area (Å²) in [4.78, 5) is 10.8. The summed E-state index contributed by atoms with van der Waals surface area (Å²) in [7, 11) is 0. The minimum Gasteiger partial charge on any atom is -0.456 e. The second-order valence-electron chi connectivity index (χ2n) is 5.14. The molecule has 0 aromatic rings. The summed E-state index contributed by atoms with van der Waals surface area (Å²) in [5.41, 5.74) is 0. The minimum absolute atomic E-state index is 0.375. The summed E-state index contributed by atoms with van der Waals surface area (Å²) >= 11 is 0. The molecule has 0 saturated heterocycles. The Hall–Kier alpha value is -0.830. The number of ether oxygens (including phenoxy) is 1. The number of rotatable bonds is 12. The van der Waals surface area contributed by atoms with Gasteiger partial charge in [0, 0.05) is 6.92 Å². The molecule has 0 aromatic carbocycles. The van der Waals surface area contributed by atoms with Gasteiger partial charge < -0.3 is 9.84 Å². The second kappa shape index (κ2) is 12.2. The molecule has 19 heavy (non-hydrogen) atoms. The lowest BCUT2D eigenvalue weighted by Gasteiger charge is -2.19. The lowest BCUT2D eigenvalue weighted by atomic mass is 10.0. The molecule has 0 radical (unpaired) electrons. The molecule has 0 aliphatic rings. The van der Waals surface area contributed by atoms with Crippen LogP contribution in [0.3, 0.4) is 0 Å². The van der Waals surface area contributed by atoms with Gasteiger partial charge in [-0.2, -0.15) is 0 Å². The third kappa shape index (κ3) is 10.8. The van der Waals surface area contributed by atoms with Crippen molar-refractivity contribution in [3.63, 3.8) is 0 Å². The van der Waals surface area contributed by atoms with E-state index >= 15 is 0 Å². The van der Waals surface area contributed by atoms with E-state index in [1.807, 2.05) is 0 Å². The highest BCUT2D eigenvalue weighted by molar-refractivity contribution is 5.66. The molecule has 0 saturated carbocycles. The average molecular weight is 270 g/mol. The number of unbranched alkanes of at least 4 members (excludes halogenated alkanes) is 7. The predicted molar refractivity (Wildman–Crippen MR) is 79.0 cm³/mol. The highest BCUT2D eigenvalue weighted by atomic mass is 16.6. The van der Waals surface area contributed by atoms with Crippen LogP contribution in [0.15, 0.2) is 12.7 Å². The van der Waals surface area contributed by atoms with Crippen LogP contribution in [0, 0.1) is 0 Å². The normalized spacial score (nSPS) is 13.8. The Morgan fingerprint density at radius 1 is 1.16 bits per heavy atom. The van der Waals surface area contributed by atoms with E-state index in [9.17, 15) is 9.90 Å². The van der Waals surface area contributed by atoms with Crippen molar-refractivity contribution in [2.45, 2.75) is 83.8 Å².